The fraction of sp³-hybridized carbons (Fsp3) is 0.188. The third-order valence-corrected chi connectivity index (χ3v) is 4.31. The molecule has 1 heterocycles. The van der Waals surface area contributed by atoms with Crippen molar-refractivity contribution in [2.75, 3.05) is 7.05 Å². The normalized spacial score (nSPS) is 12.7. The zero-order valence-corrected chi connectivity index (χ0v) is 11.9. The van der Waals surface area contributed by atoms with Gasteiger partial charge in [-0.1, -0.05) is 42.5 Å². The quantitative estimate of drug-likeness (QED) is 0.768. The molecule has 3 heteroatoms. The Balaban J connectivity index is 2.12. The summed E-state index contributed by atoms with van der Waals surface area (Å²) in [6, 6.07) is 15.1. The summed E-state index contributed by atoms with van der Waals surface area (Å²) >= 11 is 1.71. The molecule has 0 spiro atoms. The van der Waals surface area contributed by atoms with Crippen molar-refractivity contribution in [2.24, 2.45) is 0 Å². The Morgan fingerprint density at radius 2 is 1.89 bits per heavy atom. The van der Waals surface area contributed by atoms with E-state index in [4.69, 9.17) is 4.98 Å². The maximum absolute atomic E-state index is 4.76. The van der Waals surface area contributed by atoms with E-state index in [1.165, 1.54) is 16.3 Å². The van der Waals surface area contributed by atoms with Gasteiger partial charge in [0.15, 0.2) is 0 Å². The third kappa shape index (κ3) is 2.27. The van der Waals surface area contributed by atoms with Crippen LogP contribution in [0.15, 0.2) is 47.8 Å². The van der Waals surface area contributed by atoms with Crippen LogP contribution in [0.5, 0.6) is 0 Å². The van der Waals surface area contributed by atoms with Crippen LogP contribution in [0.2, 0.25) is 0 Å². The van der Waals surface area contributed by atoms with Gasteiger partial charge < -0.3 is 5.32 Å². The minimum atomic E-state index is 0.292. The summed E-state index contributed by atoms with van der Waals surface area (Å²) in [5, 5.41) is 8.99. The molecule has 0 fully saturated rings. The van der Waals surface area contributed by atoms with Crippen LogP contribution in [-0.2, 0) is 0 Å². The highest BCUT2D eigenvalue weighted by atomic mass is 32.1. The van der Waals surface area contributed by atoms with Crippen molar-refractivity contribution in [3.05, 3.63) is 53.5 Å². The second kappa shape index (κ2) is 5.11. The number of benzene rings is 2. The SMILES string of the molecule is CNC(C)c1csc(-c2cccc3ccccc23)n1. The van der Waals surface area contributed by atoms with Gasteiger partial charge in [-0.2, -0.15) is 0 Å². The molecule has 1 unspecified atom stereocenters. The second-order valence-corrected chi connectivity index (χ2v) is 5.47. The molecular weight excluding hydrogens is 252 g/mol. The summed E-state index contributed by atoms with van der Waals surface area (Å²) in [5.74, 6) is 0. The number of nitrogens with one attached hydrogen (secondary N) is 1. The molecule has 3 rings (SSSR count). The van der Waals surface area contributed by atoms with Crippen LogP contribution in [-0.4, -0.2) is 12.0 Å². The van der Waals surface area contributed by atoms with E-state index in [1.807, 2.05) is 7.05 Å². The molecule has 0 aliphatic heterocycles. The first-order valence-corrected chi connectivity index (χ1v) is 7.28. The second-order valence-electron chi connectivity index (χ2n) is 4.61. The number of thiazole rings is 1. The lowest BCUT2D eigenvalue weighted by Crippen LogP contribution is -2.12. The predicted molar refractivity (Wildman–Crippen MR) is 82.5 cm³/mol. The molecule has 0 radical (unpaired) electrons. The van der Waals surface area contributed by atoms with Gasteiger partial charge in [0.1, 0.15) is 5.01 Å². The van der Waals surface area contributed by atoms with Gasteiger partial charge in [0.2, 0.25) is 0 Å². The van der Waals surface area contributed by atoms with E-state index < -0.39 is 0 Å². The highest BCUT2D eigenvalue weighted by Gasteiger charge is 2.11. The first-order chi connectivity index (χ1) is 9.29. The van der Waals surface area contributed by atoms with Gasteiger partial charge in [0.25, 0.3) is 0 Å². The summed E-state index contributed by atoms with van der Waals surface area (Å²) in [5.41, 5.74) is 2.33. The van der Waals surface area contributed by atoms with Gasteiger partial charge in [0.05, 0.1) is 5.69 Å². The summed E-state index contributed by atoms with van der Waals surface area (Å²) in [6.07, 6.45) is 0. The molecule has 0 aliphatic carbocycles. The maximum atomic E-state index is 4.76. The van der Waals surface area contributed by atoms with Crippen LogP contribution in [0.1, 0.15) is 18.7 Å². The molecule has 0 saturated heterocycles. The molecule has 1 aromatic heterocycles. The molecular formula is C16H16N2S. The summed E-state index contributed by atoms with van der Waals surface area (Å²) < 4.78 is 0. The van der Waals surface area contributed by atoms with E-state index in [1.54, 1.807) is 11.3 Å². The van der Waals surface area contributed by atoms with Crippen molar-refractivity contribution in [3.8, 4) is 10.6 Å². The highest BCUT2D eigenvalue weighted by molar-refractivity contribution is 7.13. The zero-order valence-electron chi connectivity index (χ0n) is 11.1. The number of aromatic nitrogens is 1. The maximum Gasteiger partial charge on any atom is 0.124 e. The van der Waals surface area contributed by atoms with E-state index in [0.29, 0.717) is 6.04 Å². The summed E-state index contributed by atoms with van der Waals surface area (Å²) in [4.78, 5) is 4.76. The number of nitrogens with zero attached hydrogens (tertiary/aromatic N) is 1. The molecule has 0 amide bonds. The Morgan fingerprint density at radius 1 is 1.11 bits per heavy atom. The fourth-order valence-corrected chi connectivity index (χ4v) is 3.12. The van der Waals surface area contributed by atoms with E-state index in [2.05, 4.69) is 60.1 Å². The van der Waals surface area contributed by atoms with Crippen LogP contribution >= 0.6 is 11.3 Å². The van der Waals surface area contributed by atoms with E-state index >= 15 is 0 Å². The Kier molecular flexibility index (Phi) is 3.32. The molecule has 0 saturated carbocycles. The summed E-state index contributed by atoms with van der Waals surface area (Å²) in [6.45, 7) is 2.13. The smallest absolute Gasteiger partial charge is 0.124 e. The number of hydrogen-bond acceptors (Lipinski definition) is 3. The highest BCUT2D eigenvalue weighted by Crippen LogP contribution is 2.31. The minimum absolute atomic E-state index is 0.292. The van der Waals surface area contributed by atoms with E-state index in [0.717, 1.165) is 10.7 Å². The van der Waals surface area contributed by atoms with Crippen molar-refractivity contribution in [1.82, 2.24) is 10.3 Å². The van der Waals surface area contributed by atoms with E-state index in [9.17, 15) is 0 Å². The monoisotopic (exact) mass is 268 g/mol. The Hall–Kier alpha value is -1.71. The molecule has 2 aromatic carbocycles. The Labute approximate surface area is 117 Å². The van der Waals surface area contributed by atoms with Crippen LogP contribution in [0.3, 0.4) is 0 Å². The average molecular weight is 268 g/mol. The van der Waals surface area contributed by atoms with Crippen molar-refractivity contribution in [3.63, 3.8) is 0 Å². The third-order valence-electron chi connectivity index (χ3n) is 3.42. The van der Waals surface area contributed by atoms with Gasteiger partial charge in [-0.25, -0.2) is 4.98 Å². The first kappa shape index (κ1) is 12.3. The molecule has 1 atom stereocenters. The fourth-order valence-electron chi connectivity index (χ4n) is 2.17. The van der Waals surface area contributed by atoms with Gasteiger partial charge in [0, 0.05) is 17.0 Å². The van der Waals surface area contributed by atoms with Gasteiger partial charge in [-0.05, 0) is 24.7 Å². The van der Waals surface area contributed by atoms with Gasteiger partial charge >= 0.3 is 0 Å². The minimum Gasteiger partial charge on any atom is -0.312 e. The van der Waals surface area contributed by atoms with Crippen LogP contribution in [0, 0.1) is 0 Å². The molecule has 1 N–H and O–H groups in total. The zero-order chi connectivity index (χ0) is 13.2. The molecule has 3 aromatic rings. The first-order valence-electron chi connectivity index (χ1n) is 6.40. The molecule has 0 bridgehead atoms. The van der Waals surface area contributed by atoms with Crippen molar-refractivity contribution < 1.29 is 0 Å². The number of fused-ring (bicyclic) bond motifs is 1. The molecule has 0 aliphatic rings. The van der Waals surface area contributed by atoms with Crippen molar-refractivity contribution >= 4 is 22.1 Å². The largest absolute Gasteiger partial charge is 0.312 e. The molecule has 2 nitrogen and oxygen atoms in total. The number of hydrogen-bond donors (Lipinski definition) is 1. The Bertz CT molecular complexity index is 697. The van der Waals surface area contributed by atoms with Gasteiger partial charge in [-0.3, -0.25) is 0 Å². The lowest BCUT2D eigenvalue weighted by molar-refractivity contribution is 0.637. The number of rotatable bonds is 3. The summed E-state index contributed by atoms with van der Waals surface area (Å²) in [7, 11) is 1.96. The molecule has 96 valence electrons. The van der Waals surface area contributed by atoms with Crippen molar-refractivity contribution in [2.45, 2.75) is 13.0 Å². The lowest BCUT2D eigenvalue weighted by Gasteiger charge is -2.06. The average Bonchev–Trinajstić information content (AvgIpc) is 2.95. The predicted octanol–water partition coefficient (Wildman–Crippen LogP) is 4.24. The lowest BCUT2D eigenvalue weighted by atomic mass is 10.1. The Morgan fingerprint density at radius 3 is 2.74 bits per heavy atom. The van der Waals surface area contributed by atoms with Crippen LogP contribution in [0.25, 0.3) is 21.3 Å². The van der Waals surface area contributed by atoms with Gasteiger partial charge in [-0.15, -0.1) is 11.3 Å². The van der Waals surface area contributed by atoms with Crippen molar-refractivity contribution in [1.29, 1.82) is 0 Å². The van der Waals surface area contributed by atoms with E-state index in [-0.39, 0.29) is 0 Å². The van der Waals surface area contributed by atoms with Crippen LogP contribution in [0.4, 0.5) is 0 Å². The molecule has 19 heavy (non-hydrogen) atoms. The standard InChI is InChI=1S/C16H16N2S/c1-11(17-2)15-10-19-16(18-15)14-9-5-7-12-6-3-4-8-13(12)14/h3-11,17H,1-2H3. The van der Waals surface area contributed by atoms with Crippen LogP contribution < -0.4 is 5.32 Å². The topological polar surface area (TPSA) is 24.9 Å².